The lowest BCUT2D eigenvalue weighted by atomic mass is 10.0. The number of hydrogen-bond acceptors (Lipinski definition) is 2. The Morgan fingerprint density at radius 2 is 2.16 bits per heavy atom. The molecule has 0 atom stereocenters. The van der Waals surface area contributed by atoms with Gasteiger partial charge >= 0.3 is 0 Å². The van der Waals surface area contributed by atoms with Crippen molar-refractivity contribution in [3.63, 3.8) is 0 Å². The molecule has 0 radical (unpaired) electrons. The molecule has 0 saturated heterocycles. The van der Waals surface area contributed by atoms with E-state index in [2.05, 4.69) is 9.97 Å². The molecule has 0 amide bonds. The van der Waals surface area contributed by atoms with Crippen LogP contribution in [0.25, 0.3) is 11.0 Å². The van der Waals surface area contributed by atoms with Crippen molar-refractivity contribution >= 4 is 16.8 Å². The second-order valence-electron chi connectivity index (χ2n) is 4.33. The van der Waals surface area contributed by atoms with Gasteiger partial charge in [0.05, 0.1) is 0 Å². The SMILES string of the molecule is O=C(Cc1cccc(F)c1)c1c[nH]c2ncccc12. The molecule has 3 nitrogen and oxygen atoms in total. The van der Waals surface area contributed by atoms with Crippen LogP contribution >= 0.6 is 0 Å². The third-order valence-corrected chi connectivity index (χ3v) is 3.01. The minimum atomic E-state index is -0.328. The van der Waals surface area contributed by atoms with E-state index in [1.54, 1.807) is 30.6 Å². The smallest absolute Gasteiger partial charge is 0.169 e. The van der Waals surface area contributed by atoms with Gasteiger partial charge in [-0.2, -0.15) is 0 Å². The summed E-state index contributed by atoms with van der Waals surface area (Å²) in [5, 5.41) is 0.795. The molecule has 4 heteroatoms. The molecular formula is C15H11FN2O. The number of rotatable bonds is 3. The highest BCUT2D eigenvalue weighted by atomic mass is 19.1. The molecule has 3 rings (SSSR count). The number of hydrogen-bond donors (Lipinski definition) is 1. The molecule has 0 aliphatic carbocycles. The fourth-order valence-electron chi connectivity index (χ4n) is 2.11. The van der Waals surface area contributed by atoms with Gasteiger partial charge in [0.2, 0.25) is 0 Å². The quantitative estimate of drug-likeness (QED) is 0.730. The van der Waals surface area contributed by atoms with E-state index in [1.807, 2.05) is 6.07 Å². The maximum Gasteiger partial charge on any atom is 0.169 e. The highest BCUT2D eigenvalue weighted by Gasteiger charge is 2.13. The van der Waals surface area contributed by atoms with Gasteiger partial charge in [-0.25, -0.2) is 9.37 Å². The lowest BCUT2D eigenvalue weighted by molar-refractivity contribution is 0.0994. The van der Waals surface area contributed by atoms with Crippen LogP contribution in [0, 0.1) is 5.82 Å². The molecular weight excluding hydrogens is 243 g/mol. The number of carbonyl (C=O) groups excluding carboxylic acids is 1. The normalized spacial score (nSPS) is 10.8. The molecule has 0 fully saturated rings. The number of carbonyl (C=O) groups is 1. The summed E-state index contributed by atoms with van der Waals surface area (Å²) < 4.78 is 13.1. The first-order valence-corrected chi connectivity index (χ1v) is 5.94. The van der Waals surface area contributed by atoms with Crippen LogP contribution in [0.5, 0.6) is 0 Å². The van der Waals surface area contributed by atoms with Crippen molar-refractivity contribution in [1.29, 1.82) is 0 Å². The fraction of sp³-hybridized carbons (Fsp3) is 0.0667. The Hall–Kier alpha value is -2.49. The summed E-state index contributed by atoms with van der Waals surface area (Å²) in [6.45, 7) is 0. The Balaban J connectivity index is 1.92. The third-order valence-electron chi connectivity index (χ3n) is 3.01. The van der Waals surface area contributed by atoms with Crippen molar-refractivity contribution in [3.8, 4) is 0 Å². The first-order valence-electron chi connectivity index (χ1n) is 5.94. The molecule has 2 aromatic heterocycles. The van der Waals surface area contributed by atoms with E-state index in [1.165, 1.54) is 12.1 Å². The highest BCUT2D eigenvalue weighted by Crippen LogP contribution is 2.18. The topological polar surface area (TPSA) is 45.8 Å². The number of nitrogens with zero attached hydrogens (tertiary/aromatic N) is 1. The Kier molecular flexibility index (Phi) is 2.83. The van der Waals surface area contributed by atoms with Gasteiger partial charge in [0, 0.05) is 29.8 Å². The van der Waals surface area contributed by atoms with Gasteiger partial charge in [-0.15, -0.1) is 0 Å². The molecule has 0 unspecified atom stereocenters. The summed E-state index contributed by atoms with van der Waals surface area (Å²) in [4.78, 5) is 19.3. The number of H-pyrrole nitrogens is 1. The van der Waals surface area contributed by atoms with Gasteiger partial charge in [-0.3, -0.25) is 4.79 Å². The van der Waals surface area contributed by atoms with Gasteiger partial charge in [-0.05, 0) is 29.8 Å². The van der Waals surface area contributed by atoms with Crippen LogP contribution in [0.2, 0.25) is 0 Å². The van der Waals surface area contributed by atoms with E-state index >= 15 is 0 Å². The van der Waals surface area contributed by atoms with Gasteiger partial charge < -0.3 is 4.98 Å². The summed E-state index contributed by atoms with van der Waals surface area (Å²) in [5.41, 5.74) is 1.95. The second-order valence-corrected chi connectivity index (χ2v) is 4.33. The highest BCUT2D eigenvalue weighted by molar-refractivity contribution is 6.07. The summed E-state index contributed by atoms with van der Waals surface area (Å²) >= 11 is 0. The van der Waals surface area contributed by atoms with Crippen LogP contribution in [-0.4, -0.2) is 15.8 Å². The average Bonchev–Trinajstić information content (AvgIpc) is 2.82. The lowest BCUT2D eigenvalue weighted by Gasteiger charge is -2.00. The molecule has 0 spiro atoms. The van der Waals surface area contributed by atoms with Crippen LogP contribution < -0.4 is 0 Å². The summed E-state index contributed by atoms with van der Waals surface area (Å²) in [6.07, 6.45) is 3.50. The minimum absolute atomic E-state index is 0.0511. The Bertz CT molecular complexity index is 748. The van der Waals surface area contributed by atoms with Crippen molar-refractivity contribution < 1.29 is 9.18 Å². The predicted molar refractivity (Wildman–Crippen MR) is 70.5 cm³/mol. The monoisotopic (exact) mass is 254 g/mol. The number of pyridine rings is 1. The van der Waals surface area contributed by atoms with Crippen LogP contribution in [0.1, 0.15) is 15.9 Å². The Labute approximate surface area is 109 Å². The van der Waals surface area contributed by atoms with Crippen molar-refractivity contribution in [2.24, 2.45) is 0 Å². The first kappa shape index (κ1) is 11.6. The number of ketones is 1. The fourth-order valence-corrected chi connectivity index (χ4v) is 2.11. The molecule has 1 N–H and O–H groups in total. The van der Waals surface area contributed by atoms with Gasteiger partial charge in [0.15, 0.2) is 5.78 Å². The van der Waals surface area contributed by atoms with Crippen molar-refractivity contribution in [3.05, 3.63) is 65.7 Å². The number of halogens is 1. The molecule has 0 bridgehead atoms. The zero-order valence-corrected chi connectivity index (χ0v) is 10.1. The number of nitrogens with one attached hydrogen (secondary N) is 1. The number of aromatic amines is 1. The van der Waals surface area contributed by atoms with Gasteiger partial charge in [-0.1, -0.05) is 12.1 Å². The first-order chi connectivity index (χ1) is 9.24. The van der Waals surface area contributed by atoms with E-state index in [-0.39, 0.29) is 18.0 Å². The third kappa shape index (κ3) is 2.25. The van der Waals surface area contributed by atoms with Crippen molar-refractivity contribution in [2.45, 2.75) is 6.42 Å². The molecule has 94 valence electrons. The molecule has 0 aliphatic heterocycles. The molecule has 3 aromatic rings. The minimum Gasteiger partial charge on any atom is -0.345 e. The average molecular weight is 254 g/mol. The Morgan fingerprint density at radius 3 is 3.00 bits per heavy atom. The maximum absolute atomic E-state index is 13.1. The summed E-state index contributed by atoms with van der Waals surface area (Å²) in [6, 6.07) is 9.73. The molecule has 0 aliphatic rings. The standard InChI is InChI=1S/C15H11FN2O/c16-11-4-1-3-10(7-11)8-14(19)13-9-18-15-12(13)5-2-6-17-15/h1-7,9H,8H2,(H,17,18). The van der Waals surface area contributed by atoms with Gasteiger partial charge in [0.25, 0.3) is 0 Å². The molecule has 0 saturated carbocycles. The second kappa shape index (κ2) is 4.65. The van der Waals surface area contributed by atoms with Crippen molar-refractivity contribution in [1.82, 2.24) is 9.97 Å². The van der Waals surface area contributed by atoms with E-state index in [4.69, 9.17) is 0 Å². The lowest BCUT2D eigenvalue weighted by Crippen LogP contribution is -2.03. The van der Waals surface area contributed by atoms with Crippen LogP contribution in [0.3, 0.4) is 0 Å². The number of Topliss-reactive ketones (excluding diaryl/α,β-unsaturated/α-hetero) is 1. The largest absolute Gasteiger partial charge is 0.345 e. The van der Waals surface area contributed by atoms with Crippen LogP contribution in [0.4, 0.5) is 4.39 Å². The zero-order chi connectivity index (χ0) is 13.2. The predicted octanol–water partition coefficient (Wildman–Crippen LogP) is 3.13. The Morgan fingerprint density at radius 1 is 1.26 bits per heavy atom. The summed E-state index contributed by atoms with van der Waals surface area (Å²) in [7, 11) is 0. The number of benzene rings is 1. The summed E-state index contributed by atoms with van der Waals surface area (Å²) in [5.74, 6) is -0.379. The van der Waals surface area contributed by atoms with Gasteiger partial charge in [0.1, 0.15) is 11.5 Å². The van der Waals surface area contributed by atoms with E-state index in [0.717, 1.165) is 5.39 Å². The van der Waals surface area contributed by atoms with E-state index < -0.39 is 0 Å². The molecule has 1 aromatic carbocycles. The zero-order valence-electron chi connectivity index (χ0n) is 10.1. The number of fused-ring (bicyclic) bond motifs is 1. The van der Waals surface area contributed by atoms with Crippen LogP contribution in [0.15, 0.2) is 48.8 Å². The van der Waals surface area contributed by atoms with Crippen LogP contribution in [-0.2, 0) is 6.42 Å². The van der Waals surface area contributed by atoms with E-state index in [0.29, 0.717) is 16.8 Å². The van der Waals surface area contributed by atoms with Crippen molar-refractivity contribution in [2.75, 3.05) is 0 Å². The molecule has 2 heterocycles. The molecule has 19 heavy (non-hydrogen) atoms. The maximum atomic E-state index is 13.1. The van der Waals surface area contributed by atoms with E-state index in [9.17, 15) is 9.18 Å². The number of aromatic nitrogens is 2.